The Labute approximate surface area is 209 Å². The second-order valence-electron chi connectivity index (χ2n) is 8.41. The van der Waals surface area contributed by atoms with Crippen LogP contribution in [0.5, 0.6) is 5.75 Å². The molecule has 4 rings (SSSR count). The number of anilines is 1. The Morgan fingerprint density at radius 2 is 1.71 bits per heavy atom. The molecule has 3 aromatic rings. The van der Waals surface area contributed by atoms with Gasteiger partial charge in [-0.1, -0.05) is 59.1 Å². The summed E-state index contributed by atoms with van der Waals surface area (Å²) in [7, 11) is 0. The van der Waals surface area contributed by atoms with Crippen molar-refractivity contribution in [3.8, 4) is 5.75 Å². The number of carbonyl (C=O) groups is 3. The number of urea groups is 1. The number of aryl methyl sites for hydroxylation is 2. The van der Waals surface area contributed by atoms with Crippen molar-refractivity contribution in [3.05, 3.63) is 99.1 Å². The van der Waals surface area contributed by atoms with Gasteiger partial charge in [-0.2, -0.15) is 0 Å². The molecule has 3 aromatic carbocycles. The quantitative estimate of drug-likeness (QED) is 0.361. The Bertz CT molecular complexity index is 1340. The van der Waals surface area contributed by atoms with Gasteiger partial charge >= 0.3 is 6.03 Å². The summed E-state index contributed by atoms with van der Waals surface area (Å²) in [5, 5.41) is 2.59. The van der Waals surface area contributed by atoms with E-state index in [4.69, 9.17) is 16.3 Å². The molecule has 0 aliphatic carbocycles. The molecule has 0 saturated carbocycles. The number of carbonyl (C=O) groups excluding carboxylic acids is 3. The summed E-state index contributed by atoms with van der Waals surface area (Å²) in [5.74, 6) is -0.804. The van der Waals surface area contributed by atoms with Crippen LogP contribution < -0.4 is 15.0 Å². The van der Waals surface area contributed by atoms with E-state index in [1.807, 2.05) is 19.1 Å². The Kier molecular flexibility index (Phi) is 7.03. The average molecular weight is 489 g/mol. The Balaban J connectivity index is 1.68. The third kappa shape index (κ3) is 5.44. The van der Waals surface area contributed by atoms with Gasteiger partial charge in [0.1, 0.15) is 11.3 Å². The van der Waals surface area contributed by atoms with Crippen LogP contribution in [0.1, 0.15) is 34.7 Å². The molecule has 7 heteroatoms. The maximum atomic E-state index is 13.1. The van der Waals surface area contributed by atoms with E-state index in [9.17, 15) is 14.4 Å². The van der Waals surface area contributed by atoms with Crippen molar-refractivity contribution < 1.29 is 19.1 Å². The number of rotatable bonds is 6. The van der Waals surface area contributed by atoms with Crippen molar-refractivity contribution in [3.63, 3.8) is 0 Å². The Morgan fingerprint density at radius 1 is 0.971 bits per heavy atom. The third-order valence-corrected chi connectivity index (χ3v) is 5.78. The first-order chi connectivity index (χ1) is 16.7. The third-order valence-electron chi connectivity index (χ3n) is 5.55. The first-order valence-corrected chi connectivity index (χ1v) is 11.6. The molecular formula is C28H25ClN2O4. The lowest BCUT2D eigenvalue weighted by atomic mass is 9.98. The van der Waals surface area contributed by atoms with E-state index in [2.05, 4.69) is 37.4 Å². The number of barbiturate groups is 1. The predicted octanol–water partition coefficient (Wildman–Crippen LogP) is 5.61. The maximum Gasteiger partial charge on any atom is 0.335 e. The fourth-order valence-corrected chi connectivity index (χ4v) is 4.35. The van der Waals surface area contributed by atoms with Crippen LogP contribution in [0.25, 0.3) is 6.08 Å². The molecule has 6 nitrogen and oxygen atoms in total. The van der Waals surface area contributed by atoms with Crippen molar-refractivity contribution in [2.24, 2.45) is 0 Å². The molecule has 0 bridgehead atoms. The molecule has 0 unspecified atom stereocenters. The van der Waals surface area contributed by atoms with Gasteiger partial charge < -0.3 is 4.74 Å². The SMILES string of the molecule is CCOc1cc(/C=C2\C(=O)NC(=O)N(c3cccc(Cl)c3)C2=O)ccc1Cc1cc(C)cc(C)c1. The van der Waals surface area contributed by atoms with Gasteiger partial charge in [0.2, 0.25) is 0 Å². The van der Waals surface area contributed by atoms with Crippen LogP contribution in [-0.2, 0) is 16.0 Å². The van der Waals surface area contributed by atoms with Crippen LogP contribution in [0.2, 0.25) is 5.02 Å². The number of nitrogens with one attached hydrogen (secondary N) is 1. The van der Waals surface area contributed by atoms with Gasteiger partial charge in [-0.15, -0.1) is 0 Å². The Morgan fingerprint density at radius 3 is 2.40 bits per heavy atom. The van der Waals surface area contributed by atoms with Crippen LogP contribution in [0.15, 0.2) is 66.2 Å². The lowest BCUT2D eigenvalue weighted by Gasteiger charge is -2.26. The van der Waals surface area contributed by atoms with Crippen LogP contribution >= 0.6 is 11.6 Å². The molecule has 1 saturated heterocycles. The molecule has 1 heterocycles. The number of benzene rings is 3. The molecule has 1 aliphatic rings. The molecule has 4 amide bonds. The normalized spacial score (nSPS) is 14.9. The highest BCUT2D eigenvalue weighted by Crippen LogP contribution is 2.28. The minimum Gasteiger partial charge on any atom is -0.494 e. The molecule has 178 valence electrons. The minimum atomic E-state index is -0.821. The van der Waals surface area contributed by atoms with E-state index >= 15 is 0 Å². The van der Waals surface area contributed by atoms with Gasteiger partial charge in [-0.05, 0) is 67.8 Å². The highest BCUT2D eigenvalue weighted by Gasteiger charge is 2.36. The number of halogens is 1. The summed E-state index contributed by atoms with van der Waals surface area (Å²) in [6, 6.07) is 17.5. The zero-order valence-electron chi connectivity index (χ0n) is 19.7. The highest BCUT2D eigenvalue weighted by molar-refractivity contribution is 6.39. The van der Waals surface area contributed by atoms with E-state index in [1.54, 1.807) is 24.3 Å². The summed E-state index contributed by atoms with van der Waals surface area (Å²) in [6.07, 6.45) is 2.15. The van der Waals surface area contributed by atoms with Gasteiger partial charge in [0.05, 0.1) is 12.3 Å². The second-order valence-corrected chi connectivity index (χ2v) is 8.85. The van der Waals surface area contributed by atoms with Gasteiger partial charge in [-0.3, -0.25) is 14.9 Å². The number of amides is 4. The molecule has 35 heavy (non-hydrogen) atoms. The van der Waals surface area contributed by atoms with Crippen molar-refractivity contribution in [2.75, 3.05) is 11.5 Å². The largest absolute Gasteiger partial charge is 0.494 e. The first-order valence-electron chi connectivity index (χ1n) is 11.2. The van der Waals surface area contributed by atoms with Crippen molar-refractivity contribution in [1.82, 2.24) is 5.32 Å². The minimum absolute atomic E-state index is 0.158. The smallest absolute Gasteiger partial charge is 0.335 e. The molecule has 1 aliphatic heterocycles. The van der Waals surface area contributed by atoms with E-state index in [1.165, 1.54) is 28.8 Å². The lowest BCUT2D eigenvalue weighted by Crippen LogP contribution is -2.54. The molecule has 0 atom stereocenters. The zero-order valence-corrected chi connectivity index (χ0v) is 20.5. The van der Waals surface area contributed by atoms with Crippen molar-refractivity contribution in [2.45, 2.75) is 27.2 Å². The van der Waals surface area contributed by atoms with Crippen LogP contribution in [-0.4, -0.2) is 24.5 Å². The van der Waals surface area contributed by atoms with Gasteiger partial charge in [0.15, 0.2) is 0 Å². The fraction of sp³-hybridized carbons (Fsp3) is 0.179. The van der Waals surface area contributed by atoms with Crippen LogP contribution in [0.4, 0.5) is 10.5 Å². The number of imide groups is 2. The van der Waals surface area contributed by atoms with E-state index in [0.29, 0.717) is 29.4 Å². The number of hydrogen-bond acceptors (Lipinski definition) is 4. The predicted molar refractivity (Wildman–Crippen MR) is 137 cm³/mol. The zero-order chi connectivity index (χ0) is 25.1. The lowest BCUT2D eigenvalue weighted by molar-refractivity contribution is -0.122. The van der Waals surface area contributed by atoms with Gasteiger partial charge in [0.25, 0.3) is 11.8 Å². The standard InChI is InChI=1S/C28H25ClN2O4/c1-4-35-25-15-19(8-9-21(25)13-20-11-17(2)10-18(3)12-20)14-24-26(32)30-28(34)31(27(24)33)23-7-5-6-22(29)16-23/h5-12,14-16H,4,13H2,1-3H3,(H,30,32,34)/b24-14+. The molecule has 0 radical (unpaired) electrons. The van der Waals surface area contributed by atoms with Crippen molar-refractivity contribution >= 4 is 41.2 Å². The summed E-state index contributed by atoms with van der Waals surface area (Å²) in [5.41, 5.74) is 5.28. The van der Waals surface area contributed by atoms with Crippen LogP contribution in [0, 0.1) is 13.8 Å². The Hall–Kier alpha value is -3.90. The summed E-state index contributed by atoms with van der Waals surface area (Å²) >= 11 is 6.03. The molecule has 0 spiro atoms. The molecule has 1 fully saturated rings. The second kappa shape index (κ2) is 10.2. The van der Waals surface area contributed by atoms with Gasteiger partial charge in [0, 0.05) is 11.4 Å². The molecule has 1 N–H and O–H groups in total. The topological polar surface area (TPSA) is 75.7 Å². The first kappa shape index (κ1) is 24.2. The summed E-state index contributed by atoms with van der Waals surface area (Å²) in [4.78, 5) is 39.0. The van der Waals surface area contributed by atoms with E-state index < -0.39 is 17.8 Å². The highest BCUT2D eigenvalue weighted by atomic mass is 35.5. The average Bonchev–Trinajstić information content (AvgIpc) is 2.78. The number of hydrogen-bond donors (Lipinski definition) is 1. The van der Waals surface area contributed by atoms with Crippen LogP contribution in [0.3, 0.4) is 0 Å². The van der Waals surface area contributed by atoms with Gasteiger partial charge in [-0.25, -0.2) is 9.69 Å². The number of ether oxygens (including phenoxy) is 1. The summed E-state index contributed by atoms with van der Waals surface area (Å²) in [6.45, 7) is 6.51. The molecule has 0 aromatic heterocycles. The van der Waals surface area contributed by atoms with Crippen molar-refractivity contribution in [1.29, 1.82) is 0 Å². The number of nitrogens with zero attached hydrogens (tertiary/aromatic N) is 1. The monoisotopic (exact) mass is 488 g/mol. The maximum absolute atomic E-state index is 13.1. The molecular weight excluding hydrogens is 464 g/mol. The van der Waals surface area contributed by atoms with E-state index in [-0.39, 0.29) is 11.3 Å². The van der Waals surface area contributed by atoms with E-state index in [0.717, 1.165) is 10.5 Å². The summed E-state index contributed by atoms with van der Waals surface area (Å²) < 4.78 is 5.88. The fourth-order valence-electron chi connectivity index (χ4n) is 4.16.